The van der Waals surface area contributed by atoms with E-state index < -0.39 is 50.9 Å². The van der Waals surface area contributed by atoms with E-state index >= 15 is 0 Å². The van der Waals surface area contributed by atoms with E-state index in [4.69, 9.17) is 0 Å². The van der Waals surface area contributed by atoms with Crippen LogP contribution in [-0.2, 0) is 17.1 Å². The van der Waals surface area contributed by atoms with Gasteiger partial charge in [0.15, 0.2) is 0 Å². The van der Waals surface area contributed by atoms with E-state index in [9.17, 15) is 36.2 Å². The normalized spacial score (nSPS) is 12.4. The Kier molecular flexibility index (Phi) is 5.01. The van der Waals surface area contributed by atoms with Crippen LogP contribution in [0.15, 0.2) is 6.07 Å². The van der Waals surface area contributed by atoms with Crippen molar-refractivity contribution in [3.8, 4) is 5.75 Å². The highest BCUT2D eigenvalue weighted by Crippen LogP contribution is 2.45. The fraction of sp³-hybridized carbons (Fsp3) is 0.364. The lowest BCUT2D eigenvalue weighted by Crippen LogP contribution is -2.23. The highest BCUT2D eigenvalue weighted by atomic mass is 127. The van der Waals surface area contributed by atoms with Crippen LogP contribution < -0.4 is 0 Å². The first-order valence-corrected chi connectivity index (χ1v) is 6.36. The van der Waals surface area contributed by atoms with E-state index in [1.165, 1.54) is 6.92 Å². The third-order valence-corrected chi connectivity index (χ3v) is 3.41. The maximum Gasteiger partial charge on any atom is 0.418 e. The summed E-state index contributed by atoms with van der Waals surface area (Å²) in [6, 6.07) is 0.0727. The summed E-state index contributed by atoms with van der Waals surface area (Å²) in [5.74, 6) is -2.97. The Balaban J connectivity index is 3.83. The molecule has 118 valence electrons. The Bertz CT molecular complexity index is 565. The molecule has 0 aromatic heterocycles. The third-order valence-electron chi connectivity index (χ3n) is 2.31. The molecule has 0 radical (unpaired) electrons. The summed E-state index contributed by atoms with van der Waals surface area (Å²) in [4.78, 5) is 11.5. The van der Waals surface area contributed by atoms with E-state index in [0.717, 1.165) is 22.6 Å². The minimum atomic E-state index is -5.27. The Morgan fingerprint density at radius 3 is 2.14 bits per heavy atom. The van der Waals surface area contributed by atoms with Gasteiger partial charge in [-0.05, 0) is 35.6 Å². The minimum Gasteiger partial charge on any atom is -0.507 e. The van der Waals surface area contributed by atoms with Gasteiger partial charge in [0.05, 0.1) is 26.9 Å². The van der Waals surface area contributed by atoms with Gasteiger partial charge in [0.2, 0.25) is 0 Å². The molecule has 1 rings (SSSR count). The van der Waals surface area contributed by atoms with Gasteiger partial charge < -0.3 is 9.84 Å². The van der Waals surface area contributed by atoms with Gasteiger partial charge in [-0.1, -0.05) is 0 Å². The van der Waals surface area contributed by atoms with E-state index in [1.54, 1.807) is 0 Å². The van der Waals surface area contributed by atoms with Gasteiger partial charge in [-0.2, -0.15) is 26.3 Å². The Morgan fingerprint density at radius 2 is 1.76 bits per heavy atom. The minimum absolute atomic E-state index is 0.0727. The van der Waals surface area contributed by atoms with Crippen molar-refractivity contribution in [2.24, 2.45) is 0 Å². The zero-order valence-electron chi connectivity index (χ0n) is 10.2. The first-order valence-electron chi connectivity index (χ1n) is 5.28. The number of aromatic hydroxyl groups is 1. The zero-order valence-corrected chi connectivity index (χ0v) is 12.4. The highest BCUT2D eigenvalue weighted by Gasteiger charge is 2.46. The van der Waals surface area contributed by atoms with Gasteiger partial charge in [-0.15, -0.1) is 0 Å². The number of esters is 1. The molecule has 0 aliphatic carbocycles. The second-order valence-electron chi connectivity index (χ2n) is 3.72. The molecule has 1 aromatic carbocycles. The molecule has 10 heteroatoms. The summed E-state index contributed by atoms with van der Waals surface area (Å²) in [6.07, 6.45) is -10.5. The number of carbonyl (C=O) groups is 1. The molecular formula is C11H7F6IO3. The summed E-state index contributed by atoms with van der Waals surface area (Å²) in [6.45, 7) is 0.842. The molecule has 0 amide bonds. The number of alkyl halides is 6. The number of hydrogen-bond acceptors (Lipinski definition) is 3. The average Bonchev–Trinajstić information content (AvgIpc) is 2.29. The monoisotopic (exact) mass is 428 g/mol. The van der Waals surface area contributed by atoms with Crippen LogP contribution in [-0.4, -0.2) is 17.7 Å². The molecular weight excluding hydrogens is 421 g/mol. The molecule has 0 saturated carbocycles. The van der Waals surface area contributed by atoms with Crippen LogP contribution in [0.4, 0.5) is 26.3 Å². The van der Waals surface area contributed by atoms with E-state index in [-0.39, 0.29) is 6.07 Å². The molecule has 1 aromatic rings. The Labute approximate surface area is 128 Å². The van der Waals surface area contributed by atoms with Gasteiger partial charge >= 0.3 is 18.3 Å². The molecule has 0 aliphatic rings. The van der Waals surface area contributed by atoms with E-state index in [0.29, 0.717) is 0 Å². The van der Waals surface area contributed by atoms with Crippen LogP contribution >= 0.6 is 22.6 Å². The van der Waals surface area contributed by atoms with Crippen LogP contribution in [0, 0.1) is 3.57 Å². The van der Waals surface area contributed by atoms with Crippen molar-refractivity contribution in [1.29, 1.82) is 0 Å². The molecule has 0 saturated heterocycles. The molecule has 1 N–H and O–H groups in total. The van der Waals surface area contributed by atoms with Crippen molar-refractivity contribution < 1.29 is 41.0 Å². The predicted molar refractivity (Wildman–Crippen MR) is 66.8 cm³/mol. The number of halogens is 7. The summed E-state index contributed by atoms with van der Waals surface area (Å²) in [5, 5.41) is 9.28. The quantitative estimate of drug-likeness (QED) is 0.437. The number of hydrogen-bond donors (Lipinski definition) is 1. The molecule has 0 atom stereocenters. The molecule has 0 unspecified atom stereocenters. The van der Waals surface area contributed by atoms with Crippen molar-refractivity contribution in [2.75, 3.05) is 6.61 Å². The topological polar surface area (TPSA) is 46.5 Å². The summed E-state index contributed by atoms with van der Waals surface area (Å²) >= 11 is 1.02. The smallest absolute Gasteiger partial charge is 0.418 e. The van der Waals surface area contributed by atoms with Gasteiger partial charge in [0.25, 0.3) is 0 Å². The molecule has 0 fully saturated rings. The van der Waals surface area contributed by atoms with Crippen molar-refractivity contribution in [3.05, 3.63) is 26.3 Å². The first-order chi connectivity index (χ1) is 9.41. The van der Waals surface area contributed by atoms with Gasteiger partial charge in [-0.3, -0.25) is 0 Å². The standard InChI is InChI=1S/C11H7F6IO3/c1-2-21-9(20)6-4(10(12,13)14)3-5(19)8(18)7(6)11(15,16)17/h3,19H,2H2,1H3. The molecule has 3 nitrogen and oxygen atoms in total. The van der Waals surface area contributed by atoms with Gasteiger partial charge in [-0.25, -0.2) is 4.79 Å². The second-order valence-corrected chi connectivity index (χ2v) is 4.80. The van der Waals surface area contributed by atoms with Crippen molar-refractivity contribution >= 4 is 28.6 Å². The first kappa shape index (κ1) is 17.9. The fourth-order valence-electron chi connectivity index (χ4n) is 1.55. The zero-order chi connectivity index (χ0) is 16.6. The lowest BCUT2D eigenvalue weighted by atomic mass is 9.99. The number of phenols is 1. The summed E-state index contributed by atoms with van der Waals surface area (Å²) < 4.78 is 80.8. The van der Waals surface area contributed by atoms with Crippen LogP contribution in [0.3, 0.4) is 0 Å². The van der Waals surface area contributed by atoms with Gasteiger partial charge in [0, 0.05) is 0 Å². The van der Waals surface area contributed by atoms with Crippen LogP contribution in [0.25, 0.3) is 0 Å². The molecule has 0 spiro atoms. The van der Waals surface area contributed by atoms with Crippen LogP contribution in [0.1, 0.15) is 28.4 Å². The molecule has 0 aliphatic heterocycles. The lowest BCUT2D eigenvalue weighted by molar-refractivity contribution is -0.144. The molecule has 0 heterocycles. The largest absolute Gasteiger partial charge is 0.507 e. The number of rotatable bonds is 2. The van der Waals surface area contributed by atoms with Gasteiger partial charge in [0.1, 0.15) is 5.75 Å². The van der Waals surface area contributed by atoms with Crippen molar-refractivity contribution in [3.63, 3.8) is 0 Å². The van der Waals surface area contributed by atoms with Crippen molar-refractivity contribution in [1.82, 2.24) is 0 Å². The number of benzene rings is 1. The van der Waals surface area contributed by atoms with Crippen LogP contribution in [0.5, 0.6) is 5.75 Å². The fourth-order valence-corrected chi connectivity index (χ4v) is 2.28. The average molecular weight is 428 g/mol. The maximum absolute atomic E-state index is 13.0. The number of carbonyl (C=O) groups excluding carboxylic acids is 1. The number of phenolic OH excluding ortho intramolecular Hbond substituents is 1. The summed E-state index contributed by atoms with van der Waals surface area (Å²) in [7, 11) is 0. The Hall–Kier alpha value is -1.20. The second kappa shape index (κ2) is 5.89. The molecule has 0 bridgehead atoms. The maximum atomic E-state index is 13.0. The highest BCUT2D eigenvalue weighted by molar-refractivity contribution is 14.1. The predicted octanol–water partition coefficient (Wildman–Crippen LogP) is 4.21. The van der Waals surface area contributed by atoms with Crippen LogP contribution in [0.2, 0.25) is 0 Å². The van der Waals surface area contributed by atoms with E-state index in [2.05, 4.69) is 4.74 Å². The van der Waals surface area contributed by atoms with E-state index in [1.807, 2.05) is 0 Å². The molecule has 21 heavy (non-hydrogen) atoms. The number of ether oxygens (including phenoxy) is 1. The van der Waals surface area contributed by atoms with Crippen molar-refractivity contribution in [2.45, 2.75) is 19.3 Å². The third kappa shape index (κ3) is 3.71. The Morgan fingerprint density at radius 1 is 1.24 bits per heavy atom. The lowest BCUT2D eigenvalue weighted by Gasteiger charge is -2.19. The summed E-state index contributed by atoms with van der Waals surface area (Å²) in [5.41, 5.74) is -5.42. The SMILES string of the molecule is CCOC(=O)c1c(C(F)(F)F)cc(O)c(I)c1C(F)(F)F.